The number of aryl methyl sites for hydroxylation is 1. The van der Waals surface area contributed by atoms with Crippen molar-refractivity contribution in [3.8, 4) is 17.2 Å². The van der Waals surface area contributed by atoms with Crippen LogP contribution < -0.4 is 19.5 Å². The van der Waals surface area contributed by atoms with Gasteiger partial charge in [-0.05, 0) is 29.7 Å². The number of aliphatic carboxylic acids is 1. The lowest BCUT2D eigenvalue weighted by molar-refractivity contribution is -0.138. The molecular formula is C21H25NO6. The summed E-state index contributed by atoms with van der Waals surface area (Å²) < 4.78 is 15.9. The number of rotatable bonds is 10. The summed E-state index contributed by atoms with van der Waals surface area (Å²) in [5, 5.41) is 12.1. The molecule has 0 radical (unpaired) electrons. The summed E-state index contributed by atoms with van der Waals surface area (Å²) in [7, 11) is 4.59. The maximum atomic E-state index is 12.2. The van der Waals surface area contributed by atoms with Crippen LogP contribution in [0.3, 0.4) is 0 Å². The molecular weight excluding hydrogens is 362 g/mol. The first kappa shape index (κ1) is 21.1. The number of hydrogen-bond acceptors (Lipinski definition) is 5. The minimum absolute atomic E-state index is 0.0352. The summed E-state index contributed by atoms with van der Waals surface area (Å²) in [4.78, 5) is 23.7. The van der Waals surface area contributed by atoms with Crippen LogP contribution in [-0.4, -0.2) is 44.9 Å². The molecule has 7 heteroatoms. The van der Waals surface area contributed by atoms with Gasteiger partial charge in [0.25, 0.3) is 0 Å². The van der Waals surface area contributed by atoms with Crippen LogP contribution >= 0.6 is 0 Å². The second-order valence-corrected chi connectivity index (χ2v) is 6.14. The number of nitrogens with one attached hydrogen (secondary N) is 1. The molecule has 0 heterocycles. The van der Waals surface area contributed by atoms with Crippen LogP contribution in [-0.2, 0) is 16.0 Å². The van der Waals surface area contributed by atoms with Gasteiger partial charge in [-0.25, -0.2) is 0 Å². The van der Waals surface area contributed by atoms with Crippen molar-refractivity contribution >= 4 is 11.9 Å². The smallest absolute Gasteiger partial charge is 0.312 e. The molecule has 0 aromatic heterocycles. The Morgan fingerprint density at radius 2 is 1.61 bits per heavy atom. The van der Waals surface area contributed by atoms with Gasteiger partial charge in [-0.2, -0.15) is 0 Å². The van der Waals surface area contributed by atoms with E-state index in [4.69, 9.17) is 14.2 Å². The van der Waals surface area contributed by atoms with Gasteiger partial charge < -0.3 is 24.6 Å². The number of carboxylic acid groups (broad SMARTS) is 1. The molecule has 150 valence electrons. The predicted octanol–water partition coefficient (Wildman–Crippen LogP) is 2.63. The van der Waals surface area contributed by atoms with Crippen LogP contribution in [0.15, 0.2) is 42.5 Å². The number of hydrogen-bond donors (Lipinski definition) is 2. The first-order chi connectivity index (χ1) is 13.5. The van der Waals surface area contributed by atoms with Crippen molar-refractivity contribution in [2.45, 2.75) is 18.8 Å². The van der Waals surface area contributed by atoms with Crippen LogP contribution in [0.2, 0.25) is 0 Å². The zero-order chi connectivity index (χ0) is 20.5. The lowest BCUT2D eigenvalue weighted by Crippen LogP contribution is -2.31. The summed E-state index contributed by atoms with van der Waals surface area (Å²) in [5.74, 6) is -0.455. The second kappa shape index (κ2) is 10.2. The molecule has 7 nitrogen and oxygen atoms in total. The van der Waals surface area contributed by atoms with Gasteiger partial charge in [-0.15, -0.1) is 0 Å². The van der Waals surface area contributed by atoms with Crippen molar-refractivity contribution in [3.05, 3.63) is 53.6 Å². The van der Waals surface area contributed by atoms with Crippen LogP contribution in [0, 0.1) is 0 Å². The molecule has 0 fully saturated rings. The SMILES string of the molecule is COc1cc(CCC(=O)NCC(C(=O)O)c2ccccc2)cc(OC)c1OC. The molecule has 2 N–H and O–H groups in total. The van der Waals surface area contributed by atoms with Gasteiger partial charge >= 0.3 is 5.97 Å². The average Bonchev–Trinajstić information content (AvgIpc) is 2.71. The summed E-state index contributed by atoms with van der Waals surface area (Å²) in [5.41, 5.74) is 1.50. The molecule has 0 spiro atoms. The standard InChI is InChI=1S/C21H25NO6/c1-26-17-11-14(12-18(27-2)20(17)28-3)9-10-19(23)22-13-16(21(24)25)15-7-5-4-6-8-15/h4-8,11-12,16H,9-10,13H2,1-3H3,(H,22,23)(H,24,25). The Labute approximate surface area is 164 Å². The molecule has 2 aromatic carbocycles. The predicted molar refractivity (Wildman–Crippen MR) is 104 cm³/mol. The van der Waals surface area contributed by atoms with Crippen LogP contribution in [0.1, 0.15) is 23.5 Å². The number of carbonyl (C=O) groups excluding carboxylic acids is 1. The molecule has 0 aliphatic carbocycles. The molecule has 0 saturated carbocycles. The fourth-order valence-electron chi connectivity index (χ4n) is 2.87. The first-order valence-corrected chi connectivity index (χ1v) is 8.83. The van der Waals surface area contributed by atoms with Crippen LogP contribution in [0.25, 0.3) is 0 Å². The van der Waals surface area contributed by atoms with Crippen molar-refractivity contribution in [2.75, 3.05) is 27.9 Å². The number of methoxy groups -OCH3 is 3. The Hall–Kier alpha value is -3.22. The van der Waals surface area contributed by atoms with Gasteiger partial charge in [0, 0.05) is 13.0 Å². The monoisotopic (exact) mass is 387 g/mol. The van der Waals surface area contributed by atoms with E-state index in [1.165, 1.54) is 21.3 Å². The van der Waals surface area contributed by atoms with Crippen LogP contribution in [0.4, 0.5) is 0 Å². The lowest BCUT2D eigenvalue weighted by Gasteiger charge is -2.15. The Bertz CT molecular complexity index is 781. The van der Waals surface area contributed by atoms with E-state index in [-0.39, 0.29) is 18.9 Å². The molecule has 1 atom stereocenters. The van der Waals surface area contributed by atoms with E-state index in [9.17, 15) is 14.7 Å². The summed E-state index contributed by atoms with van der Waals surface area (Å²) in [6.07, 6.45) is 0.658. The topological polar surface area (TPSA) is 94.1 Å². The number of amides is 1. The van der Waals surface area contributed by atoms with E-state index in [1.807, 2.05) is 6.07 Å². The van der Waals surface area contributed by atoms with Crippen molar-refractivity contribution < 1.29 is 28.9 Å². The Kier molecular flexibility index (Phi) is 7.68. The second-order valence-electron chi connectivity index (χ2n) is 6.14. The van der Waals surface area contributed by atoms with Crippen molar-refractivity contribution in [1.82, 2.24) is 5.32 Å². The molecule has 1 amide bonds. The van der Waals surface area contributed by atoms with Gasteiger partial charge in [0.05, 0.1) is 27.2 Å². The summed E-state index contributed by atoms with van der Waals surface area (Å²) in [6.45, 7) is 0.0352. The molecule has 2 rings (SSSR count). The number of benzene rings is 2. The molecule has 0 saturated heterocycles. The third-order valence-electron chi connectivity index (χ3n) is 4.37. The van der Waals surface area contributed by atoms with E-state index < -0.39 is 11.9 Å². The third-order valence-corrected chi connectivity index (χ3v) is 4.37. The summed E-state index contributed by atoms with van der Waals surface area (Å²) in [6, 6.07) is 12.4. The molecule has 28 heavy (non-hydrogen) atoms. The molecule has 0 bridgehead atoms. The maximum Gasteiger partial charge on any atom is 0.312 e. The van der Waals surface area contributed by atoms with Crippen molar-refractivity contribution in [2.24, 2.45) is 0 Å². The third kappa shape index (κ3) is 5.39. The van der Waals surface area contributed by atoms with Crippen molar-refractivity contribution in [3.63, 3.8) is 0 Å². The maximum absolute atomic E-state index is 12.2. The lowest BCUT2D eigenvalue weighted by atomic mass is 9.99. The largest absolute Gasteiger partial charge is 0.493 e. The normalized spacial score (nSPS) is 11.4. The minimum Gasteiger partial charge on any atom is -0.493 e. The highest BCUT2D eigenvalue weighted by molar-refractivity contribution is 5.80. The van der Waals surface area contributed by atoms with Gasteiger partial charge in [0.2, 0.25) is 11.7 Å². The number of ether oxygens (including phenoxy) is 3. The Balaban J connectivity index is 1.97. The van der Waals surface area contributed by atoms with Crippen LogP contribution in [0.5, 0.6) is 17.2 Å². The zero-order valence-electron chi connectivity index (χ0n) is 16.2. The quantitative estimate of drug-likeness (QED) is 0.651. The van der Waals surface area contributed by atoms with Gasteiger partial charge in [0.15, 0.2) is 11.5 Å². The average molecular weight is 387 g/mol. The summed E-state index contributed by atoms with van der Waals surface area (Å²) >= 11 is 0. The molecule has 1 unspecified atom stereocenters. The highest BCUT2D eigenvalue weighted by atomic mass is 16.5. The number of carbonyl (C=O) groups is 2. The molecule has 2 aromatic rings. The van der Waals surface area contributed by atoms with Gasteiger partial charge in [0.1, 0.15) is 0 Å². The van der Waals surface area contributed by atoms with E-state index in [2.05, 4.69) is 5.32 Å². The Morgan fingerprint density at radius 3 is 2.11 bits per heavy atom. The van der Waals surface area contributed by atoms with E-state index in [0.29, 0.717) is 29.2 Å². The molecule has 0 aliphatic rings. The van der Waals surface area contributed by atoms with E-state index in [0.717, 1.165) is 5.56 Å². The van der Waals surface area contributed by atoms with E-state index in [1.54, 1.807) is 36.4 Å². The fraction of sp³-hybridized carbons (Fsp3) is 0.333. The highest BCUT2D eigenvalue weighted by Gasteiger charge is 2.20. The number of carboxylic acids is 1. The minimum atomic E-state index is -0.976. The zero-order valence-corrected chi connectivity index (χ0v) is 16.2. The molecule has 0 aliphatic heterocycles. The highest BCUT2D eigenvalue weighted by Crippen LogP contribution is 2.38. The van der Waals surface area contributed by atoms with Gasteiger partial charge in [-0.3, -0.25) is 9.59 Å². The fourth-order valence-corrected chi connectivity index (χ4v) is 2.87. The van der Waals surface area contributed by atoms with Gasteiger partial charge in [-0.1, -0.05) is 30.3 Å². The Morgan fingerprint density at radius 1 is 1.00 bits per heavy atom. The van der Waals surface area contributed by atoms with Crippen molar-refractivity contribution in [1.29, 1.82) is 0 Å². The van der Waals surface area contributed by atoms with E-state index >= 15 is 0 Å². The first-order valence-electron chi connectivity index (χ1n) is 8.83.